The molecule has 2 unspecified atom stereocenters. The van der Waals surface area contributed by atoms with E-state index in [0.717, 1.165) is 48.6 Å². The third-order valence-electron chi connectivity index (χ3n) is 8.55. The van der Waals surface area contributed by atoms with E-state index in [1.54, 1.807) is 6.33 Å². The molecular formula is C27H36ClN5O2. The fraction of sp³-hybridized carbons (Fsp3) is 0.593. The Morgan fingerprint density at radius 3 is 2.46 bits per heavy atom. The van der Waals surface area contributed by atoms with Crippen molar-refractivity contribution in [1.29, 1.82) is 0 Å². The number of nitrogens with zero attached hydrogens (tertiary/aromatic N) is 5. The van der Waals surface area contributed by atoms with Crippen LogP contribution in [0.4, 0.5) is 5.82 Å². The van der Waals surface area contributed by atoms with Crippen LogP contribution in [-0.4, -0.2) is 75.6 Å². The summed E-state index contributed by atoms with van der Waals surface area (Å²) in [6.07, 6.45) is 3.80. The number of anilines is 1. The first-order chi connectivity index (χ1) is 16.7. The summed E-state index contributed by atoms with van der Waals surface area (Å²) in [5, 5.41) is 11.0. The fourth-order valence-corrected chi connectivity index (χ4v) is 6.33. The Labute approximate surface area is 213 Å². The van der Waals surface area contributed by atoms with Gasteiger partial charge in [-0.05, 0) is 63.8 Å². The molecule has 7 nitrogen and oxygen atoms in total. The van der Waals surface area contributed by atoms with Gasteiger partial charge in [0, 0.05) is 48.3 Å². The second-order valence-corrected chi connectivity index (χ2v) is 11.5. The van der Waals surface area contributed by atoms with Crippen molar-refractivity contribution in [2.45, 2.75) is 69.6 Å². The standard InChI is InChI=1S/C27H36ClN5O2/c1-17-15-21(34)24-22(17)25(30-16-29-24)32-11-13-33(14-12-32)26(35)23(18-5-7-19(28)8-6-18)20-9-10-27(2,3)31(20)4/h5-8,16-17,20-21,23,34H,9-15H2,1-4H3/t17-,20?,21+,23?/m1/s1. The number of amides is 1. The van der Waals surface area contributed by atoms with Crippen molar-refractivity contribution in [3.05, 3.63) is 52.4 Å². The quantitative estimate of drug-likeness (QED) is 0.689. The number of hydrogen-bond acceptors (Lipinski definition) is 6. The van der Waals surface area contributed by atoms with E-state index in [2.05, 4.69) is 47.6 Å². The number of aromatic nitrogens is 2. The van der Waals surface area contributed by atoms with Gasteiger partial charge in [-0.15, -0.1) is 0 Å². The van der Waals surface area contributed by atoms with Gasteiger partial charge in [0.05, 0.1) is 17.7 Å². The van der Waals surface area contributed by atoms with Gasteiger partial charge in [-0.25, -0.2) is 9.97 Å². The molecule has 0 bridgehead atoms. The molecule has 2 saturated heterocycles. The van der Waals surface area contributed by atoms with E-state index in [1.165, 1.54) is 0 Å². The number of benzene rings is 1. The van der Waals surface area contributed by atoms with Crippen molar-refractivity contribution >= 4 is 23.3 Å². The van der Waals surface area contributed by atoms with Gasteiger partial charge in [-0.1, -0.05) is 30.7 Å². The van der Waals surface area contributed by atoms with Gasteiger partial charge >= 0.3 is 0 Å². The maximum absolute atomic E-state index is 14.0. The van der Waals surface area contributed by atoms with Gasteiger partial charge in [0.15, 0.2) is 0 Å². The average molecular weight is 498 g/mol. The van der Waals surface area contributed by atoms with Gasteiger partial charge in [0.1, 0.15) is 12.1 Å². The Balaban J connectivity index is 1.36. The summed E-state index contributed by atoms with van der Waals surface area (Å²) in [4.78, 5) is 29.6. The molecule has 1 aliphatic carbocycles. The van der Waals surface area contributed by atoms with Crippen molar-refractivity contribution < 1.29 is 9.90 Å². The summed E-state index contributed by atoms with van der Waals surface area (Å²) in [5.41, 5.74) is 2.93. The van der Waals surface area contributed by atoms with Crippen molar-refractivity contribution in [1.82, 2.24) is 19.8 Å². The molecule has 0 radical (unpaired) electrons. The first kappa shape index (κ1) is 24.5. The van der Waals surface area contributed by atoms with Crippen molar-refractivity contribution in [2.24, 2.45) is 0 Å². The molecule has 3 heterocycles. The number of carbonyl (C=O) groups excluding carboxylic acids is 1. The smallest absolute Gasteiger partial charge is 0.231 e. The molecule has 2 fully saturated rings. The van der Waals surface area contributed by atoms with Crippen LogP contribution < -0.4 is 4.90 Å². The molecule has 1 aromatic carbocycles. The number of aliphatic hydroxyl groups is 1. The summed E-state index contributed by atoms with van der Waals surface area (Å²) in [7, 11) is 2.15. The minimum Gasteiger partial charge on any atom is -0.387 e. The van der Waals surface area contributed by atoms with E-state index in [1.807, 2.05) is 29.2 Å². The zero-order chi connectivity index (χ0) is 24.9. The number of halogens is 1. The van der Waals surface area contributed by atoms with Crippen molar-refractivity contribution in [2.75, 3.05) is 38.1 Å². The average Bonchev–Trinajstić information content (AvgIpc) is 3.29. The molecule has 3 aliphatic rings. The van der Waals surface area contributed by atoms with Gasteiger partial charge in [0.2, 0.25) is 5.91 Å². The Hall–Kier alpha value is -2.22. The zero-order valence-electron chi connectivity index (χ0n) is 21.1. The number of rotatable bonds is 4. The number of likely N-dealkylation sites (tertiary alicyclic amines) is 1. The number of carbonyl (C=O) groups is 1. The third kappa shape index (κ3) is 4.43. The lowest BCUT2D eigenvalue weighted by Gasteiger charge is -2.41. The molecule has 2 aliphatic heterocycles. The normalized spacial score (nSPS) is 27.2. The lowest BCUT2D eigenvalue weighted by Crippen LogP contribution is -2.53. The summed E-state index contributed by atoms with van der Waals surface area (Å²) in [5.74, 6) is 1.12. The van der Waals surface area contributed by atoms with Gasteiger partial charge in [0.25, 0.3) is 0 Å². The monoisotopic (exact) mass is 497 g/mol. The first-order valence-corrected chi connectivity index (χ1v) is 13.1. The second-order valence-electron chi connectivity index (χ2n) is 11.0. The molecule has 2 aromatic rings. The molecule has 5 rings (SSSR count). The molecular weight excluding hydrogens is 462 g/mol. The predicted octanol–water partition coefficient (Wildman–Crippen LogP) is 3.98. The lowest BCUT2D eigenvalue weighted by atomic mass is 9.88. The highest BCUT2D eigenvalue weighted by molar-refractivity contribution is 6.30. The van der Waals surface area contributed by atoms with E-state index >= 15 is 0 Å². The number of hydrogen-bond donors (Lipinski definition) is 1. The minimum atomic E-state index is -0.516. The van der Waals surface area contributed by atoms with Crippen LogP contribution >= 0.6 is 11.6 Å². The molecule has 1 N–H and O–H groups in total. The second kappa shape index (κ2) is 9.34. The lowest BCUT2D eigenvalue weighted by molar-refractivity contribution is -0.134. The Morgan fingerprint density at radius 1 is 1.14 bits per heavy atom. The molecule has 8 heteroatoms. The van der Waals surface area contributed by atoms with Crippen LogP contribution in [0.2, 0.25) is 5.02 Å². The highest BCUT2D eigenvalue weighted by Gasteiger charge is 2.45. The minimum absolute atomic E-state index is 0.0724. The highest BCUT2D eigenvalue weighted by atomic mass is 35.5. The van der Waals surface area contributed by atoms with Gasteiger partial charge in [-0.2, -0.15) is 0 Å². The molecule has 0 spiro atoms. The van der Waals surface area contributed by atoms with Crippen LogP contribution in [0, 0.1) is 0 Å². The molecule has 4 atom stereocenters. The van der Waals surface area contributed by atoms with Crippen LogP contribution in [0.5, 0.6) is 0 Å². The summed E-state index contributed by atoms with van der Waals surface area (Å²) in [6, 6.07) is 7.96. The molecule has 188 valence electrons. The van der Waals surface area contributed by atoms with Crippen LogP contribution in [0.25, 0.3) is 0 Å². The molecule has 0 saturated carbocycles. The molecule has 1 aromatic heterocycles. The first-order valence-electron chi connectivity index (χ1n) is 12.7. The summed E-state index contributed by atoms with van der Waals surface area (Å²) < 4.78 is 0. The van der Waals surface area contributed by atoms with E-state index in [9.17, 15) is 9.90 Å². The Kier molecular flexibility index (Phi) is 6.53. The van der Waals surface area contributed by atoms with E-state index in [0.29, 0.717) is 24.5 Å². The van der Waals surface area contributed by atoms with E-state index in [-0.39, 0.29) is 29.3 Å². The maximum atomic E-state index is 14.0. The Bertz CT molecular complexity index is 1080. The molecule has 1 amide bonds. The van der Waals surface area contributed by atoms with E-state index < -0.39 is 6.10 Å². The van der Waals surface area contributed by atoms with Crippen LogP contribution in [-0.2, 0) is 4.79 Å². The van der Waals surface area contributed by atoms with Crippen LogP contribution in [0.1, 0.15) is 74.8 Å². The summed E-state index contributed by atoms with van der Waals surface area (Å²) in [6.45, 7) is 9.38. The zero-order valence-corrected chi connectivity index (χ0v) is 21.9. The fourth-order valence-electron chi connectivity index (χ4n) is 6.20. The number of fused-ring (bicyclic) bond motifs is 1. The largest absolute Gasteiger partial charge is 0.387 e. The van der Waals surface area contributed by atoms with Crippen molar-refractivity contribution in [3.8, 4) is 0 Å². The van der Waals surface area contributed by atoms with Crippen molar-refractivity contribution in [3.63, 3.8) is 0 Å². The number of likely N-dealkylation sites (N-methyl/N-ethyl adjacent to an activating group) is 1. The van der Waals surface area contributed by atoms with Crippen LogP contribution in [0.15, 0.2) is 30.6 Å². The third-order valence-corrected chi connectivity index (χ3v) is 8.81. The SMILES string of the molecule is C[C@@H]1C[C@H](O)c2ncnc(N3CCN(C(=O)C(c4ccc(Cl)cc4)C4CCC(C)(C)N4C)CC3)c21. The number of aliphatic hydroxyl groups excluding tert-OH is 1. The number of piperazine rings is 1. The van der Waals surface area contributed by atoms with E-state index in [4.69, 9.17) is 11.6 Å². The van der Waals surface area contributed by atoms with Crippen LogP contribution in [0.3, 0.4) is 0 Å². The topological polar surface area (TPSA) is 72.8 Å². The Morgan fingerprint density at radius 2 is 1.83 bits per heavy atom. The summed E-state index contributed by atoms with van der Waals surface area (Å²) >= 11 is 6.17. The highest BCUT2D eigenvalue weighted by Crippen LogP contribution is 2.43. The predicted molar refractivity (Wildman–Crippen MR) is 138 cm³/mol. The van der Waals surface area contributed by atoms with Gasteiger partial charge in [-0.3, -0.25) is 9.69 Å². The van der Waals surface area contributed by atoms with Gasteiger partial charge < -0.3 is 14.9 Å². The maximum Gasteiger partial charge on any atom is 0.231 e. The molecule has 35 heavy (non-hydrogen) atoms.